The number of hydrogen-bond acceptors (Lipinski definition) is 4. The first-order valence-corrected chi connectivity index (χ1v) is 7.61. The van der Waals surface area contributed by atoms with E-state index in [9.17, 15) is 8.42 Å². The molecule has 1 aliphatic carbocycles. The fraction of sp³-hybridized carbons (Fsp3) is 0.500. The lowest BCUT2D eigenvalue weighted by molar-refractivity contribution is 0.556. The summed E-state index contributed by atoms with van der Waals surface area (Å²) in [5, 5.41) is 8.43. The number of nitrogens with two attached hydrogens (primary N) is 2. The molecule has 0 aromatic heterocycles. The lowest BCUT2D eigenvalue weighted by atomic mass is 10.1. The van der Waals surface area contributed by atoms with Crippen molar-refractivity contribution in [1.82, 2.24) is 0 Å². The number of nitrogens with one attached hydrogen (secondary N) is 1. The fourth-order valence-electron chi connectivity index (χ4n) is 2.41. The summed E-state index contributed by atoms with van der Waals surface area (Å²) in [4.78, 5) is 0.0463. The van der Waals surface area contributed by atoms with E-state index in [1.807, 2.05) is 0 Å². The van der Waals surface area contributed by atoms with E-state index in [4.69, 9.17) is 10.9 Å². The first kappa shape index (κ1) is 13.2. The van der Waals surface area contributed by atoms with Crippen LogP contribution >= 0.6 is 0 Å². The zero-order valence-corrected chi connectivity index (χ0v) is 11.2. The van der Waals surface area contributed by atoms with E-state index in [0.717, 1.165) is 12.1 Å². The first-order chi connectivity index (χ1) is 8.38. The van der Waals surface area contributed by atoms with Crippen molar-refractivity contribution in [2.45, 2.75) is 37.1 Å². The summed E-state index contributed by atoms with van der Waals surface area (Å²) < 4.78 is 22.4. The van der Waals surface area contributed by atoms with Gasteiger partial charge >= 0.3 is 0 Å². The Bertz CT molecular complexity index is 542. The molecule has 0 radical (unpaired) electrons. The summed E-state index contributed by atoms with van der Waals surface area (Å²) in [7, 11) is -3.69. The normalized spacial score (nSPS) is 24.1. The highest BCUT2D eigenvalue weighted by Crippen LogP contribution is 2.30. The van der Waals surface area contributed by atoms with Crippen molar-refractivity contribution in [3.63, 3.8) is 0 Å². The monoisotopic (exact) mass is 269 g/mol. The van der Waals surface area contributed by atoms with Gasteiger partial charge in [-0.15, -0.1) is 0 Å². The predicted molar refractivity (Wildman–Crippen MR) is 72.7 cm³/mol. The third-order valence-electron chi connectivity index (χ3n) is 3.55. The van der Waals surface area contributed by atoms with Crippen LogP contribution in [0.1, 0.15) is 26.2 Å². The molecule has 0 heterocycles. The molecule has 1 aromatic rings. The number of hydrogen-bond donors (Lipinski definition) is 3. The smallest absolute Gasteiger partial charge is 0.238 e. The molecular formula is C12H19N3O2S. The first-order valence-electron chi connectivity index (χ1n) is 6.07. The number of primary sulfonamides is 1. The van der Waals surface area contributed by atoms with Gasteiger partial charge in [-0.05, 0) is 37.0 Å². The maximum absolute atomic E-state index is 11.2. The van der Waals surface area contributed by atoms with E-state index < -0.39 is 10.0 Å². The number of anilines is 2. The second-order valence-electron chi connectivity index (χ2n) is 4.95. The number of benzene rings is 1. The Labute approximate surface area is 108 Å². The topological polar surface area (TPSA) is 98.2 Å². The second-order valence-corrected chi connectivity index (χ2v) is 6.51. The molecule has 1 saturated carbocycles. The van der Waals surface area contributed by atoms with E-state index in [0.29, 0.717) is 17.6 Å². The van der Waals surface area contributed by atoms with Gasteiger partial charge in [-0.3, -0.25) is 0 Å². The lowest BCUT2D eigenvalue weighted by Gasteiger charge is -2.20. The fourth-order valence-corrected chi connectivity index (χ4v) is 2.96. The van der Waals surface area contributed by atoms with Gasteiger partial charge < -0.3 is 11.1 Å². The Morgan fingerprint density at radius 1 is 1.33 bits per heavy atom. The maximum atomic E-state index is 11.2. The molecule has 1 fully saturated rings. The van der Waals surface area contributed by atoms with Crippen LogP contribution in [0, 0.1) is 5.92 Å². The van der Waals surface area contributed by atoms with Crippen LogP contribution in [0.3, 0.4) is 0 Å². The highest BCUT2D eigenvalue weighted by atomic mass is 32.2. The zero-order chi connectivity index (χ0) is 13.3. The van der Waals surface area contributed by atoms with E-state index >= 15 is 0 Å². The van der Waals surface area contributed by atoms with Crippen LogP contribution in [-0.2, 0) is 10.0 Å². The molecule has 6 heteroatoms. The highest BCUT2D eigenvalue weighted by Gasteiger charge is 2.23. The summed E-state index contributed by atoms with van der Waals surface area (Å²) in [5.41, 5.74) is 7.06. The highest BCUT2D eigenvalue weighted by molar-refractivity contribution is 7.89. The van der Waals surface area contributed by atoms with Crippen molar-refractivity contribution in [3.8, 4) is 0 Å². The summed E-state index contributed by atoms with van der Waals surface area (Å²) in [5.74, 6) is 0.613. The molecule has 2 unspecified atom stereocenters. The average molecular weight is 269 g/mol. The minimum Gasteiger partial charge on any atom is -0.397 e. The molecule has 5 nitrogen and oxygen atoms in total. The van der Waals surface area contributed by atoms with Gasteiger partial charge in [-0.1, -0.05) is 13.3 Å². The van der Waals surface area contributed by atoms with E-state index in [1.54, 1.807) is 6.07 Å². The Morgan fingerprint density at radius 3 is 2.56 bits per heavy atom. The van der Waals surface area contributed by atoms with Crippen molar-refractivity contribution in [1.29, 1.82) is 0 Å². The van der Waals surface area contributed by atoms with Crippen LogP contribution in [0.25, 0.3) is 0 Å². The van der Waals surface area contributed by atoms with Crippen LogP contribution in [-0.4, -0.2) is 14.5 Å². The van der Waals surface area contributed by atoms with E-state index in [1.165, 1.54) is 25.0 Å². The molecular weight excluding hydrogens is 250 g/mol. The van der Waals surface area contributed by atoms with Crippen LogP contribution in [0.2, 0.25) is 0 Å². The van der Waals surface area contributed by atoms with Gasteiger partial charge in [0.2, 0.25) is 10.0 Å². The van der Waals surface area contributed by atoms with Crippen molar-refractivity contribution < 1.29 is 8.42 Å². The zero-order valence-electron chi connectivity index (χ0n) is 10.4. The van der Waals surface area contributed by atoms with Gasteiger partial charge in [0.25, 0.3) is 0 Å². The van der Waals surface area contributed by atoms with Gasteiger partial charge in [0.1, 0.15) is 0 Å². The number of sulfonamides is 1. The standard InChI is InChI=1S/C12H19N3O2S/c1-8-3-2-4-11(8)15-12-6-5-9(7-10(12)13)18(14,16)17/h5-8,11,15H,2-4,13H2,1H3,(H2,14,16,17). The molecule has 0 saturated heterocycles. The minimum absolute atomic E-state index is 0.0463. The van der Waals surface area contributed by atoms with Gasteiger partial charge in [0.05, 0.1) is 16.3 Å². The largest absolute Gasteiger partial charge is 0.397 e. The molecule has 100 valence electrons. The van der Waals surface area contributed by atoms with Crippen LogP contribution < -0.4 is 16.2 Å². The summed E-state index contributed by atoms with van der Waals surface area (Å²) in [6, 6.07) is 4.97. The Hall–Kier alpha value is -1.27. The molecule has 0 amide bonds. The minimum atomic E-state index is -3.69. The van der Waals surface area contributed by atoms with Crippen LogP contribution in [0.15, 0.2) is 23.1 Å². The quantitative estimate of drug-likeness (QED) is 0.724. The second kappa shape index (κ2) is 4.78. The van der Waals surface area contributed by atoms with Gasteiger partial charge in [-0.25, -0.2) is 13.6 Å². The van der Waals surface area contributed by atoms with Crippen molar-refractivity contribution in [3.05, 3.63) is 18.2 Å². The molecule has 0 spiro atoms. The summed E-state index contributed by atoms with van der Waals surface area (Å²) >= 11 is 0. The number of rotatable bonds is 3. The third kappa shape index (κ3) is 2.76. The molecule has 0 aliphatic heterocycles. The summed E-state index contributed by atoms with van der Waals surface area (Å²) in [6.45, 7) is 2.21. The predicted octanol–water partition coefficient (Wildman–Crippen LogP) is 1.52. The maximum Gasteiger partial charge on any atom is 0.238 e. The Kier molecular flexibility index (Phi) is 3.49. The van der Waals surface area contributed by atoms with Gasteiger partial charge in [0, 0.05) is 6.04 Å². The number of nitrogen functional groups attached to an aromatic ring is 1. The van der Waals surface area contributed by atoms with Crippen LogP contribution in [0.5, 0.6) is 0 Å². The molecule has 0 bridgehead atoms. The van der Waals surface area contributed by atoms with E-state index in [-0.39, 0.29) is 4.90 Å². The van der Waals surface area contributed by atoms with Crippen molar-refractivity contribution in [2.24, 2.45) is 11.1 Å². The third-order valence-corrected chi connectivity index (χ3v) is 4.46. The van der Waals surface area contributed by atoms with Gasteiger partial charge in [0.15, 0.2) is 0 Å². The van der Waals surface area contributed by atoms with Gasteiger partial charge in [-0.2, -0.15) is 0 Å². The molecule has 18 heavy (non-hydrogen) atoms. The molecule has 1 aromatic carbocycles. The van der Waals surface area contributed by atoms with Crippen molar-refractivity contribution in [2.75, 3.05) is 11.1 Å². The SMILES string of the molecule is CC1CCCC1Nc1ccc(S(N)(=O)=O)cc1N. The molecule has 2 rings (SSSR count). The van der Waals surface area contributed by atoms with Crippen LogP contribution in [0.4, 0.5) is 11.4 Å². The average Bonchev–Trinajstić information content (AvgIpc) is 2.66. The molecule has 1 aliphatic rings. The van der Waals surface area contributed by atoms with Crippen molar-refractivity contribution >= 4 is 21.4 Å². The molecule has 2 atom stereocenters. The van der Waals surface area contributed by atoms with E-state index in [2.05, 4.69) is 12.2 Å². The lowest BCUT2D eigenvalue weighted by Crippen LogP contribution is -2.22. The summed E-state index contributed by atoms with van der Waals surface area (Å²) in [6.07, 6.45) is 3.55. The Balaban J connectivity index is 2.20. The Morgan fingerprint density at radius 2 is 2.06 bits per heavy atom. The molecule has 5 N–H and O–H groups in total.